The van der Waals surface area contributed by atoms with Gasteiger partial charge in [-0.15, -0.1) is 0 Å². The van der Waals surface area contributed by atoms with Crippen LogP contribution < -0.4 is 0 Å². The van der Waals surface area contributed by atoms with E-state index in [9.17, 15) is 4.79 Å². The van der Waals surface area contributed by atoms with E-state index in [1.54, 1.807) is 17.2 Å². The van der Waals surface area contributed by atoms with Gasteiger partial charge in [0.25, 0.3) is 0 Å². The summed E-state index contributed by atoms with van der Waals surface area (Å²) in [5, 5.41) is 0. The van der Waals surface area contributed by atoms with Crippen molar-refractivity contribution in [2.45, 2.75) is 32.7 Å². The maximum atomic E-state index is 12.3. The number of carbonyl (C=O) groups is 1. The van der Waals surface area contributed by atoms with Crippen LogP contribution in [-0.4, -0.2) is 17.4 Å². The number of carbonyl (C=O) groups excluding carboxylic acids is 1. The van der Waals surface area contributed by atoms with Crippen molar-refractivity contribution in [3.05, 3.63) is 65.1 Å². The fraction of sp³-hybridized carbons (Fsp3) is 0.316. The largest absolute Gasteiger partial charge is 0.467 e. The molecule has 0 spiro atoms. The van der Waals surface area contributed by atoms with E-state index in [2.05, 4.69) is 18.2 Å². The van der Waals surface area contributed by atoms with Crippen LogP contribution in [0.3, 0.4) is 0 Å². The second-order valence-electron chi connectivity index (χ2n) is 5.65. The minimum Gasteiger partial charge on any atom is -0.467 e. The number of amides is 1. The molecular weight excluding hydrogens is 274 g/mol. The van der Waals surface area contributed by atoms with Gasteiger partial charge in [0.15, 0.2) is 0 Å². The Labute approximate surface area is 131 Å². The molecule has 22 heavy (non-hydrogen) atoms. The first kappa shape index (κ1) is 14.6. The van der Waals surface area contributed by atoms with Crippen molar-refractivity contribution in [1.29, 1.82) is 0 Å². The number of aryl methyl sites for hydroxylation is 2. The summed E-state index contributed by atoms with van der Waals surface area (Å²) in [5.74, 6) is 0.820. The molecule has 3 rings (SSSR count). The quantitative estimate of drug-likeness (QED) is 0.785. The predicted molar refractivity (Wildman–Crippen MR) is 87.3 cm³/mol. The molecule has 0 N–H and O–H groups in total. The van der Waals surface area contributed by atoms with Crippen molar-refractivity contribution >= 4 is 12.0 Å². The smallest absolute Gasteiger partial charge is 0.246 e. The molecule has 1 heterocycles. The van der Waals surface area contributed by atoms with E-state index >= 15 is 0 Å². The highest BCUT2D eigenvalue weighted by molar-refractivity contribution is 5.91. The zero-order valence-electron chi connectivity index (χ0n) is 12.9. The maximum absolute atomic E-state index is 12.3. The topological polar surface area (TPSA) is 33.5 Å². The van der Waals surface area contributed by atoms with Gasteiger partial charge in [-0.3, -0.25) is 4.79 Å². The molecule has 1 aromatic heterocycles. The standard InChI is InChI=1S/C19H21NO2/c1-2-20(14-18-7-4-12-22-18)19(21)11-9-15-8-10-16-5-3-6-17(16)13-15/h4,7-13H,2-3,5-6,14H2,1H3/b11-9+. The van der Waals surface area contributed by atoms with Crippen LogP contribution in [0.4, 0.5) is 0 Å². The predicted octanol–water partition coefficient (Wildman–Crippen LogP) is 3.83. The van der Waals surface area contributed by atoms with E-state index in [4.69, 9.17) is 4.42 Å². The number of likely N-dealkylation sites (N-methyl/N-ethyl adjacent to an activating group) is 1. The molecule has 0 bridgehead atoms. The van der Waals surface area contributed by atoms with E-state index in [0.717, 1.165) is 17.7 Å². The minimum absolute atomic E-state index is 0.0133. The Balaban J connectivity index is 1.66. The Morgan fingerprint density at radius 2 is 2.14 bits per heavy atom. The highest BCUT2D eigenvalue weighted by Gasteiger charge is 2.12. The van der Waals surface area contributed by atoms with E-state index in [0.29, 0.717) is 13.1 Å². The molecule has 3 nitrogen and oxygen atoms in total. The first-order valence-electron chi connectivity index (χ1n) is 7.87. The molecule has 1 amide bonds. The van der Waals surface area contributed by atoms with Crippen LogP contribution in [0, 0.1) is 0 Å². The molecule has 0 unspecified atom stereocenters. The van der Waals surface area contributed by atoms with Gasteiger partial charge in [-0.1, -0.05) is 18.2 Å². The molecular formula is C19H21NO2. The summed E-state index contributed by atoms with van der Waals surface area (Å²) in [6, 6.07) is 10.2. The van der Waals surface area contributed by atoms with Gasteiger partial charge in [-0.2, -0.15) is 0 Å². The van der Waals surface area contributed by atoms with Crippen LogP contribution in [0.1, 0.15) is 35.8 Å². The van der Waals surface area contributed by atoms with Crippen molar-refractivity contribution in [3.8, 4) is 0 Å². The minimum atomic E-state index is 0.0133. The molecule has 0 saturated carbocycles. The van der Waals surface area contributed by atoms with Crippen LogP contribution in [-0.2, 0) is 24.2 Å². The molecule has 0 radical (unpaired) electrons. The zero-order valence-corrected chi connectivity index (χ0v) is 12.9. The molecule has 114 valence electrons. The highest BCUT2D eigenvalue weighted by Crippen LogP contribution is 2.23. The SMILES string of the molecule is CCN(Cc1ccco1)C(=O)/C=C/c1ccc2c(c1)CCC2. The normalized spacial score (nSPS) is 13.5. The molecule has 0 aliphatic heterocycles. The molecule has 0 fully saturated rings. The third-order valence-electron chi connectivity index (χ3n) is 4.16. The van der Waals surface area contributed by atoms with Gasteiger partial charge in [0.2, 0.25) is 5.91 Å². The summed E-state index contributed by atoms with van der Waals surface area (Å²) in [6.07, 6.45) is 8.78. The summed E-state index contributed by atoms with van der Waals surface area (Å²) in [5.41, 5.74) is 3.98. The fourth-order valence-electron chi connectivity index (χ4n) is 2.90. The third kappa shape index (κ3) is 3.30. The number of rotatable bonds is 5. The highest BCUT2D eigenvalue weighted by atomic mass is 16.3. The van der Waals surface area contributed by atoms with Crippen LogP contribution in [0.15, 0.2) is 47.1 Å². The Hall–Kier alpha value is -2.29. The number of hydrogen-bond donors (Lipinski definition) is 0. The number of fused-ring (bicyclic) bond motifs is 1. The van der Waals surface area contributed by atoms with Gasteiger partial charge in [-0.05, 0) is 61.1 Å². The van der Waals surface area contributed by atoms with Crippen molar-refractivity contribution in [3.63, 3.8) is 0 Å². The molecule has 0 saturated heterocycles. The molecule has 1 aliphatic rings. The van der Waals surface area contributed by atoms with E-state index in [1.165, 1.54) is 24.0 Å². The fourth-order valence-corrected chi connectivity index (χ4v) is 2.90. The van der Waals surface area contributed by atoms with Crippen LogP contribution in [0.2, 0.25) is 0 Å². The summed E-state index contributed by atoms with van der Waals surface area (Å²) >= 11 is 0. The summed E-state index contributed by atoms with van der Waals surface area (Å²) in [6.45, 7) is 3.15. The van der Waals surface area contributed by atoms with Crippen LogP contribution >= 0.6 is 0 Å². The third-order valence-corrected chi connectivity index (χ3v) is 4.16. The Morgan fingerprint density at radius 3 is 2.91 bits per heavy atom. The van der Waals surface area contributed by atoms with Crippen LogP contribution in [0.5, 0.6) is 0 Å². The second-order valence-corrected chi connectivity index (χ2v) is 5.65. The molecule has 1 aromatic carbocycles. The Kier molecular flexibility index (Phi) is 4.42. The maximum Gasteiger partial charge on any atom is 0.246 e. The lowest BCUT2D eigenvalue weighted by Gasteiger charge is -2.17. The van der Waals surface area contributed by atoms with Crippen molar-refractivity contribution in [1.82, 2.24) is 4.90 Å². The van der Waals surface area contributed by atoms with E-state index in [1.807, 2.05) is 25.1 Å². The van der Waals surface area contributed by atoms with Gasteiger partial charge in [0.05, 0.1) is 12.8 Å². The number of nitrogens with zero attached hydrogens (tertiary/aromatic N) is 1. The average molecular weight is 295 g/mol. The van der Waals surface area contributed by atoms with E-state index < -0.39 is 0 Å². The zero-order chi connectivity index (χ0) is 15.4. The Morgan fingerprint density at radius 1 is 1.27 bits per heavy atom. The molecule has 1 aliphatic carbocycles. The molecule has 3 heteroatoms. The Bertz CT molecular complexity index is 671. The van der Waals surface area contributed by atoms with Crippen molar-refractivity contribution in [2.75, 3.05) is 6.54 Å². The lowest BCUT2D eigenvalue weighted by atomic mass is 10.1. The van der Waals surface area contributed by atoms with Gasteiger partial charge in [0, 0.05) is 12.6 Å². The van der Waals surface area contributed by atoms with Gasteiger partial charge >= 0.3 is 0 Å². The van der Waals surface area contributed by atoms with Crippen molar-refractivity contribution in [2.24, 2.45) is 0 Å². The van der Waals surface area contributed by atoms with E-state index in [-0.39, 0.29) is 5.91 Å². The second kappa shape index (κ2) is 6.65. The lowest BCUT2D eigenvalue weighted by molar-refractivity contribution is -0.126. The lowest BCUT2D eigenvalue weighted by Crippen LogP contribution is -2.28. The summed E-state index contributed by atoms with van der Waals surface area (Å²) < 4.78 is 5.31. The van der Waals surface area contributed by atoms with Crippen molar-refractivity contribution < 1.29 is 9.21 Å². The molecule has 2 aromatic rings. The first-order valence-corrected chi connectivity index (χ1v) is 7.87. The molecule has 0 atom stereocenters. The number of benzene rings is 1. The van der Waals surface area contributed by atoms with Gasteiger partial charge in [0.1, 0.15) is 5.76 Å². The van der Waals surface area contributed by atoms with Gasteiger partial charge in [-0.25, -0.2) is 0 Å². The number of hydrogen-bond acceptors (Lipinski definition) is 2. The van der Waals surface area contributed by atoms with Crippen LogP contribution in [0.25, 0.3) is 6.08 Å². The average Bonchev–Trinajstić information content (AvgIpc) is 3.20. The summed E-state index contributed by atoms with van der Waals surface area (Å²) in [4.78, 5) is 14.1. The number of furan rings is 1. The monoisotopic (exact) mass is 295 g/mol. The summed E-state index contributed by atoms with van der Waals surface area (Å²) in [7, 11) is 0. The van der Waals surface area contributed by atoms with Gasteiger partial charge < -0.3 is 9.32 Å². The first-order chi connectivity index (χ1) is 10.8.